The van der Waals surface area contributed by atoms with Crippen molar-refractivity contribution in [2.45, 2.75) is 373 Å². The summed E-state index contributed by atoms with van der Waals surface area (Å²) in [7, 11) is 5.99. The average molecular weight is 1150 g/mol. The van der Waals surface area contributed by atoms with Crippen molar-refractivity contribution in [3.05, 3.63) is 24.3 Å². The van der Waals surface area contributed by atoms with E-state index in [2.05, 4.69) is 38.2 Å². The van der Waals surface area contributed by atoms with E-state index in [0.29, 0.717) is 17.4 Å². The van der Waals surface area contributed by atoms with Gasteiger partial charge in [0.05, 0.1) is 34.4 Å². The summed E-state index contributed by atoms with van der Waals surface area (Å²) < 4.78 is 23.0. The number of quaternary nitrogens is 1. The molecule has 0 saturated heterocycles. The predicted octanol–water partition coefficient (Wildman–Crippen LogP) is 21.8. The second-order valence-electron chi connectivity index (χ2n) is 25.6. The van der Waals surface area contributed by atoms with Crippen molar-refractivity contribution < 1.29 is 42.9 Å². The van der Waals surface area contributed by atoms with Crippen LogP contribution in [0.3, 0.4) is 0 Å². The maximum atomic E-state index is 12.9. The largest absolute Gasteiger partial charge is 0.477 e. The highest BCUT2D eigenvalue weighted by atomic mass is 16.7. The molecule has 0 aliphatic carbocycles. The number of hydrogen-bond acceptors (Lipinski definition) is 7. The van der Waals surface area contributed by atoms with E-state index in [-0.39, 0.29) is 38.2 Å². The topological polar surface area (TPSA) is 108 Å². The number of unbranched alkanes of at least 4 members (excludes halogenated alkanes) is 48. The highest BCUT2D eigenvalue weighted by Crippen LogP contribution is 2.19. The SMILES string of the molecule is CCCCCCC/C=C\C/C=C\CCCCCCCCCCCCCCCCCCCCCCCC(=O)OC(COC(=O)CCCCCCCCCCCCCCCCCCCCCCCCC)COC(OCC[N+](C)(C)C)C(=O)O. The molecule has 0 spiro atoms. The van der Waals surface area contributed by atoms with Gasteiger partial charge >= 0.3 is 17.9 Å². The van der Waals surface area contributed by atoms with Crippen molar-refractivity contribution >= 4 is 17.9 Å². The van der Waals surface area contributed by atoms with Crippen LogP contribution < -0.4 is 0 Å². The maximum absolute atomic E-state index is 12.9. The van der Waals surface area contributed by atoms with Gasteiger partial charge in [-0.2, -0.15) is 0 Å². The van der Waals surface area contributed by atoms with Gasteiger partial charge < -0.3 is 28.5 Å². The molecule has 0 aromatic carbocycles. The van der Waals surface area contributed by atoms with E-state index in [1.807, 2.05) is 21.1 Å². The van der Waals surface area contributed by atoms with Crippen LogP contribution in [0.1, 0.15) is 361 Å². The Hall–Kier alpha value is -2.23. The van der Waals surface area contributed by atoms with E-state index in [1.54, 1.807) is 0 Å². The molecule has 0 aromatic rings. The molecule has 478 valence electrons. The standard InChI is InChI=1S/C72H137NO8/c1-6-8-10-12-14-16-18-20-22-24-26-28-30-31-32-33-34-35-36-37-38-39-41-43-45-47-49-51-53-55-57-59-61-63-70(75)81-68(67-80-72(71(76)77)78-65-64-73(3,4)5)66-79-69(74)62-60-58-56-54-52-50-48-46-44-42-40-29-27-25-23-21-19-17-15-13-11-9-7-2/h18,20,24,26,68,72H,6-17,19,21-23,25,27-67H2,1-5H3/p+1/b20-18-,26-24-. The van der Waals surface area contributed by atoms with Gasteiger partial charge in [-0.3, -0.25) is 9.59 Å². The van der Waals surface area contributed by atoms with E-state index in [4.69, 9.17) is 18.9 Å². The summed E-state index contributed by atoms with van der Waals surface area (Å²) in [6.45, 7) is 4.95. The van der Waals surface area contributed by atoms with Gasteiger partial charge in [0.15, 0.2) is 6.10 Å². The van der Waals surface area contributed by atoms with Gasteiger partial charge in [0.25, 0.3) is 6.29 Å². The van der Waals surface area contributed by atoms with Gasteiger partial charge in [-0.1, -0.05) is 327 Å². The molecular formula is C72H138NO8+. The van der Waals surface area contributed by atoms with Gasteiger partial charge in [0.2, 0.25) is 0 Å². The molecule has 0 fully saturated rings. The summed E-state index contributed by atoms with van der Waals surface area (Å²) in [5.74, 6) is -1.97. The number of carbonyl (C=O) groups excluding carboxylic acids is 2. The van der Waals surface area contributed by atoms with E-state index in [0.717, 1.165) is 44.9 Å². The van der Waals surface area contributed by atoms with Crippen LogP contribution in [0.25, 0.3) is 0 Å². The number of nitrogens with zero attached hydrogens (tertiary/aromatic N) is 1. The summed E-state index contributed by atoms with van der Waals surface area (Å²) in [5.41, 5.74) is 0. The monoisotopic (exact) mass is 1150 g/mol. The summed E-state index contributed by atoms with van der Waals surface area (Å²) >= 11 is 0. The fourth-order valence-electron chi connectivity index (χ4n) is 10.8. The lowest BCUT2D eigenvalue weighted by Crippen LogP contribution is -2.40. The third-order valence-electron chi connectivity index (χ3n) is 16.2. The van der Waals surface area contributed by atoms with E-state index in [9.17, 15) is 19.5 Å². The van der Waals surface area contributed by atoms with Gasteiger partial charge in [-0.15, -0.1) is 0 Å². The third-order valence-corrected chi connectivity index (χ3v) is 16.2. The Kier molecular flexibility index (Phi) is 62.0. The first-order chi connectivity index (χ1) is 39.6. The Morgan fingerprint density at radius 1 is 0.370 bits per heavy atom. The molecule has 0 bridgehead atoms. The lowest BCUT2D eigenvalue weighted by molar-refractivity contribution is -0.870. The number of esters is 2. The lowest BCUT2D eigenvalue weighted by Gasteiger charge is -2.25. The lowest BCUT2D eigenvalue weighted by atomic mass is 10.0. The van der Waals surface area contributed by atoms with E-state index >= 15 is 0 Å². The normalized spacial score (nSPS) is 12.8. The Balaban J connectivity index is 4.03. The number of carbonyl (C=O) groups is 3. The minimum absolute atomic E-state index is 0.174. The maximum Gasteiger partial charge on any atom is 0.361 e. The van der Waals surface area contributed by atoms with Crippen LogP contribution in [-0.2, 0) is 33.3 Å². The summed E-state index contributed by atoms with van der Waals surface area (Å²) in [4.78, 5) is 37.6. The number of hydrogen-bond donors (Lipinski definition) is 1. The molecule has 2 atom stereocenters. The van der Waals surface area contributed by atoms with Gasteiger partial charge in [0.1, 0.15) is 13.2 Å². The van der Waals surface area contributed by atoms with Gasteiger partial charge in [-0.25, -0.2) is 4.79 Å². The van der Waals surface area contributed by atoms with Crippen molar-refractivity contribution in [1.82, 2.24) is 0 Å². The Morgan fingerprint density at radius 3 is 0.975 bits per heavy atom. The molecule has 81 heavy (non-hydrogen) atoms. The van der Waals surface area contributed by atoms with E-state index in [1.165, 1.54) is 289 Å². The number of carboxylic acids is 1. The number of carboxylic acid groups (broad SMARTS) is 1. The Labute approximate surface area is 503 Å². The zero-order valence-corrected chi connectivity index (χ0v) is 54.7. The fraction of sp³-hybridized carbons (Fsp3) is 0.903. The van der Waals surface area contributed by atoms with Crippen LogP contribution in [0.4, 0.5) is 0 Å². The van der Waals surface area contributed by atoms with Crippen LogP contribution in [0.15, 0.2) is 24.3 Å². The smallest absolute Gasteiger partial charge is 0.361 e. The minimum Gasteiger partial charge on any atom is -0.477 e. The first-order valence-corrected chi connectivity index (χ1v) is 35.5. The minimum atomic E-state index is -1.51. The third kappa shape index (κ3) is 65.2. The Bertz CT molecular complexity index is 1380. The number of likely N-dealkylation sites (N-methyl/N-ethyl adjacent to an activating group) is 1. The molecule has 0 aliphatic rings. The number of aliphatic carboxylic acids is 1. The van der Waals surface area contributed by atoms with Crippen molar-refractivity contribution in [1.29, 1.82) is 0 Å². The molecule has 9 heteroatoms. The zero-order chi connectivity index (χ0) is 59.1. The fourth-order valence-corrected chi connectivity index (χ4v) is 10.8. The summed E-state index contributed by atoms with van der Waals surface area (Å²) in [6, 6.07) is 0. The Morgan fingerprint density at radius 2 is 0.667 bits per heavy atom. The first-order valence-electron chi connectivity index (χ1n) is 35.5. The molecule has 0 radical (unpaired) electrons. The van der Waals surface area contributed by atoms with Gasteiger partial charge in [0, 0.05) is 12.8 Å². The highest BCUT2D eigenvalue weighted by molar-refractivity contribution is 5.71. The van der Waals surface area contributed by atoms with Gasteiger partial charge in [-0.05, 0) is 44.9 Å². The van der Waals surface area contributed by atoms with Crippen LogP contribution in [0.2, 0.25) is 0 Å². The van der Waals surface area contributed by atoms with Crippen LogP contribution >= 0.6 is 0 Å². The van der Waals surface area contributed by atoms with Crippen molar-refractivity contribution in [2.24, 2.45) is 0 Å². The predicted molar refractivity (Wildman–Crippen MR) is 346 cm³/mol. The summed E-state index contributed by atoms with van der Waals surface area (Å²) in [5, 5.41) is 9.74. The number of rotatable bonds is 67. The molecule has 0 heterocycles. The van der Waals surface area contributed by atoms with Crippen LogP contribution in [0.5, 0.6) is 0 Å². The molecule has 0 aliphatic heterocycles. The van der Waals surface area contributed by atoms with E-state index < -0.39 is 18.4 Å². The quantitative estimate of drug-likeness (QED) is 0.0211. The first kappa shape index (κ1) is 78.8. The van der Waals surface area contributed by atoms with Crippen molar-refractivity contribution in [3.8, 4) is 0 Å². The van der Waals surface area contributed by atoms with Crippen LogP contribution in [0, 0.1) is 0 Å². The molecule has 0 aromatic heterocycles. The molecule has 0 amide bonds. The zero-order valence-electron chi connectivity index (χ0n) is 54.7. The molecule has 9 nitrogen and oxygen atoms in total. The molecule has 2 unspecified atom stereocenters. The molecule has 0 rings (SSSR count). The number of ether oxygens (including phenoxy) is 4. The second-order valence-corrected chi connectivity index (χ2v) is 25.6. The molecular weight excluding hydrogens is 1010 g/mol. The molecule has 1 N–H and O–H groups in total. The average Bonchev–Trinajstić information content (AvgIpc) is 3.44. The highest BCUT2D eigenvalue weighted by Gasteiger charge is 2.25. The second kappa shape index (κ2) is 63.8. The number of allylic oxidation sites excluding steroid dienone is 4. The van der Waals surface area contributed by atoms with Crippen LogP contribution in [-0.4, -0.2) is 87.4 Å². The molecule has 0 saturated carbocycles. The van der Waals surface area contributed by atoms with Crippen molar-refractivity contribution in [2.75, 3.05) is 47.5 Å². The van der Waals surface area contributed by atoms with Crippen molar-refractivity contribution in [3.63, 3.8) is 0 Å². The summed E-state index contributed by atoms with van der Waals surface area (Å²) in [6.07, 6.45) is 75.8.